The van der Waals surface area contributed by atoms with Crippen molar-refractivity contribution in [2.45, 2.75) is 6.92 Å². The van der Waals surface area contributed by atoms with Crippen LogP contribution in [0.3, 0.4) is 0 Å². The fraction of sp³-hybridized carbons (Fsp3) is 0.200. The van der Waals surface area contributed by atoms with Crippen molar-refractivity contribution >= 4 is 35.9 Å². The lowest BCUT2D eigenvalue weighted by atomic mass is 9.97. The molecule has 0 aromatic carbocycles. The maximum absolute atomic E-state index is 5.46. The molecule has 2 nitrogen and oxygen atoms in total. The first-order valence-electron chi connectivity index (χ1n) is 2.45. The molecule has 0 spiro atoms. The Morgan fingerprint density at radius 2 is 2.33 bits per heavy atom. The van der Waals surface area contributed by atoms with Crippen LogP contribution in [0.25, 0.3) is 0 Å². The van der Waals surface area contributed by atoms with Gasteiger partial charge >= 0.3 is 0 Å². The smallest absolute Gasteiger partial charge is 0.190 e. The molecule has 0 fully saturated rings. The summed E-state index contributed by atoms with van der Waals surface area (Å²) in [5.74, 6) is 0. The largest absolute Gasteiger partial charge is 0.232 e. The summed E-state index contributed by atoms with van der Waals surface area (Å²) in [5, 5.41) is 0. The van der Waals surface area contributed by atoms with Crippen LogP contribution in [-0.4, -0.2) is 17.8 Å². The van der Waals surface area contributed by atoms with Crippen LogP contribution in [-0.2, 0) is 0 Å². The quantitative estimate of drug-likeness (QED) is 0.361. The molecular weight excluding hydrogens is 226 g/mol. The second-order valence-corrected chi connectivity index (χ2v) is 2.64. The predicted octanol–water partition coefficient (Wildman–Crippen LogP) is 0.183. The fourth-order valence-corrected chi connectivity index (χ4v) is 0.949. The number of hydrogen-bond acceptors (Lipinski definition) is 2. The average Bonchev–Trinajstić information content (AvgIpc) is 1.80. The Balaban J connectivity index is 3.17. The summed E-state index contributed by atoms with van der Waals surface area (Å²) in [6, 6.07) is 0. The molecule has 4 heteroatoms. The van der Waals surface area contributed by atoms with Gasteiger partial charge in [-0.25, -0.2) is 9.97 Å². The van der Waals surface area contributed by atoms with Crippen LogP contribution in [0, 0.1) is 10.8 Å². The molecular formula is C5H4BIN2. The van der Waals surface area contributed by atoms with E-state index in [9.17, 15) is 0 Å². The Kier molecular flexibility index (Phi) is 2.05. The number of halogens is 1. The highest BCUT2D eigenvalue weighted by molar-refractivity contribution is 14.1. The third-order valence-corrected chi connectivity index (χ3v) is 1.51. The standard InChI is InChI=1S/C5H4BIN2/c1-3-4(6)2-8-5(7)9-3/h2H,1H3. The fourth-order valence-electron chi connectivity index (χ4n) is 0.448. The number of aromatic nitrogens is 2. The Morgan fingerprint density at radius 1 is 1.67 bits per heavy atom. The number of hydrogen-bond donors (Lipinski definition) is 0. The van der Waals surface area contributed by atoms with Gasteiger partial charge in [-0.1, -0.05) is 5.46 Å². The average molecular weight is 230 g/mol. The lowest BCUT2D eigenvalue weighted by Gasteiger charge is -1.95. The van der Waals surface area contributed by atoms with E-state index in [0.717, 1.165) is 9.53 Å². The van der Waals surface area contributed by atoms with Crippen molar-refractivity contribution in [2.24, 2.45) is 0 Å². The highest BCUT2D eigenvalue weighted by Gasteiger charge is 1.92. The van der Waals surface area contributed by atoms with Crippen LogP contribution >= 0.6 is 22.6 Å². The molecule has 0 aliphatic rings. The first kappa shape index (κ1) is 6.99. The highest BCUT2D eigenvalue weighted by Crippen LogP contribution is 1.93. The molecule has 0 aliphatic carbocycles. The third kappa shape index (κ3) is 1.64. The second kappa shape index (κ2) is 2.64. The number of rotatable bonds is 0. The molecule has 0 aliphatic heterocycles. The van der Waals surface area contributed by atoms with Gasteiger partial charge in [0.1, 0.15) is 7.85 Å². The molecule has 2 radical (unpaired) electrons. The van der Waals surface area contributed by atoms with Crippen LogP contribution in [0.5, 0.6) is 0 Å². The van der Waals surface area contributed by atoms with Crippen LogP contribution in [0.1, 0.15) is 5.69 Å². The van der Waals surface area contributed by atoms with Crippen molar-refractivity contribution in [1.82, 2.24) is 9.97 Å². The van der Waals surface area contributed by atoms with E-state index >= 15 is 0 Å². The van der Waals surface area contributed by atoms with Gasteiger partial charge in [-0.3, -0.25) is 0 Å². The van der Waals surface area contributed by atoms with E-state index in [0.29, 0.717) is 5.46 Å². The van der Waals surface area contributed by atoms with Crippen LogP contribution in [0.4, 0.5) is 0 Å². The second-order valence-electron chi connectivity index (χ2n) is 1.68. The lowest BCUT2D eigenvalue weighted by Crippen LogP contribution is -2.11. The van der Waals surface area contributed by atoms with E-state index in [-0.39, 0.29) is 0 Å². The summed E-state index contributed by atoms with van der Waals surface area (Å²) < 4.78 is 0.735. The Morgan fingerprint density at radius 3 is 2.78 bits per heavy atom. The van der Waals surface area contributed by atoms with Gasteiger partial charge in [-0.2, -0.15) is 0 Å². The molecule has 1 aromatic heterocycles. The van der Waals surface area contributed by atoms with Crippen LogP contribution < -0.4 is 5.46 Å². The molecule has 0 saturated carbocycles. The zero-order valence-electron chi connectivity index (χ0n) is 4.93. The van der Waals surface area contributed by atoms with Crippen molar-refractivity contribution in [1.29, 1.82) is 0 Å². The molecule has 1 heterocycles. The van der Waals surface area contributed by atoms with Crippen LogP contribution in [0.2, 0.25) is 0 Å². The molecule has 0 N–H and O–H groups in total. The number of aryl methyl sites for hydroxylation is 1. The van der Waals surface area contributed by atoms with Gasteiger partial charge in [0.2, 0.25) is 0 Å². The zero-order chi connectivity index (χ0) is 6.85. The monoisotopic (exact) mass is 230 g/mol. The third-order valence-electron chi connectivity index (χ3n) is 0.988. The Labute approximate surface area is 68.6 Å². The van der Waals surface area contributed by atoms with Crippen LogP contribution in [0.15, 0.2) is 6.20 Å². The molecule has 0 saturated heterocycles. The molecule has 0 unspecified atom stereocenters. The molecule has 0 amide bonds. The summed E-state index contributed by atoms with van der Waals surface area (Å²) in [4.78, 5) is 7.91. The van der Waals surface area contributed by atoms with Crippen molar-refractivity contribution in [3.63, 3.8) is 0 Å². The van der Waals surface area contributed by atoms with E-state index in [4.69, 9.17) is 7.85 Å². The highest BCUT2D eigenvalue weighted by atomic mass is 127. The van der Waals surface area contributed by atoms with Gasteiger partial charge in [-0.15, -0.1) is 0 Å². The molecule has 1 aromatic rings. The maximum Gasteiger partial charge on any atom is 0.190 e. The normalized spacial score (nSPS) is 9.56. The minimum atomic E-state index is 0.649. The van der Waals surface area contributed by atoms with Crippen molar-refractivity contribution in [3.8, 4) is 0 Å². The van der Waals surface area contributed by atoms with E-state index < -0.39 is 0 Å². The van der Waals surface area contributed by atoms with E-state index in [1.807, 2.05) is 29.5 Å². The summed E-state index contributed by atoms with van der Waals surface area (Å²) in [6.07, 6.45) is 1.62. The van der Waals surface area contributed by atoms with Gasteiger partial charge in [0, 0.05) is 34.5 Å². The van der Waals surface area contributed by atoms with E-state index in [2.05, 4.69) is 9.97 Å². The summed E-state index contributed by atoms with van der Waals surface area (Å²) in [7, 11) is 5.46. The summed E-state index contributed by atoms with van der Waals surface area (Å²) >= 11 is 2.04. The Hall–Kier alpha value is -0.125. The minimum Gasteiger partial charge on any atom is -0.232 e. The topological polar surface area (TPSA) is 25.8 Å². The predicted molar refractivity (Wildman–Crippen MR) is 44.9 cm³/mol. The molecule has 44 valence electrons. The minimum absolute atomic E-state index is 0.649. The van der Waals surface area contributed by atoms with Gasteiger partial charge in [-0.05, 0) is 6.92 Å². The molecule has 0 bridgehead atoms. The van der Waals surface area contributed by atoms with E-state index in [1.54, 1.807) is 6.20 Å². The van der Waals surface area contributed by atoms with Crippen molar-refractivity contribution < 1.29 is 0 Å². The van der Waals surface area contributed by atoms with Gasteiger partial charge in [0.05, 0.1) is 0 Å². The maximum atomic E-state index is 5.46. The van der Waals surface area contributed by atoms with Crippen molar-refractivity contribution in [3.05, 3.63) is 15.7 Å². The van der Waals surface area contributed by atoms with Gasteiger partial charge in [0.15, 0.2) is 3.83 Å². The van der Waals surface area contributed by atoms with E-state index in [1.165, 1.54) is 0 Å². The number of nitrogens with zero attached hydrogens (tertiary/aromatic N) is 2. The zero-order valence-corrected chi connectivity index (χ0v) is 7.08. The summed E-state index contributed by atoms with van der Waals surface area (Å²) in [6.45, 7) is 1.86. The molecule has 1 rings (SSSR count). The van der Waals surface area contributed by atoms with Crippen molar-refractivity contribution in [2.75, 3.05) is 0 Å². The first-order valence-corrected chi connectivity index (χ1v) is 3.52. The Bertz CT molecular complexity index is 226. The molecule has 0 atom stereocenters. The molecule has 9 heavy (non-hydrogen) atoms. The SMILES string of the molecule is [B]c1cnc(I)nc1C. The first-order chi connectivity index (χ1) is 4.20. The van der Waals surface area contributed by atoms with Gasteiger partial charge < -0.3 is 0 Å². The lowest BCUT2D eigenvalue weighted by molar-refractivity contribution is 1.07. The summed E-state index contributed by atoms with van der Waals surface area (Å²) in [5.41, 5.74) is 1.49. The van der Waals surface area contributed by atoms with Gasteiger partial charge in [0.25, 0.3) is 0 Å².